The molecule has 0 bridgehead atoms. The molecule has 0 saturated heterocycles. The van der Waals surface area contributed by atoms with Crippen molar-refractivity contribution in [3.05, 3.63) is 149 Å². The van der Waals surface area contributed by atoms with Gasteiger partial charge in [0.2, 0.25) is 0 Å². The van der Waals surface area contributed by atoms with Crippen molar-refractivity contribution < 1.29 is 49.0 Å². The van der Waals surface area contributed by atoms with Gasteiger partial charge < -0.3 is 24.8 Å². The third-order valence-electron chi connectivity index (χ3n) is 6.02. The van der Waals surface area contributed by atoms with Gasteiger partial charge >= 0.3 is 99.2 Å². The van der Waals surface area contributed by atoms with E-state index in [-0.39, 0.29) is 24.8 Å². The molecule has 0 aromatic heterocycles. The number of rotatable bonds is 5. The Morgan fingerprint density at radius 3 is 1.97 bits per heavy atom. The van der Waals surface area contributed by atoms with Crippen LogP contribution in [0.4, 0.5) is 0 Å². The molecule has 0 aliphatic heterocycles. The number of allylic oxidation sites excluding steroid dienone is 3. The SMILES string of the molecule is CC=CC=Cc1[c-]c2c(cc1CC)-c1ccccc1C2.[Cl-].[Cl-].[Zr+2]=[C](c1ccccc1)c1ccccc1. The van der Waals surface area contributed by atoms with E-state index in [0.717, 1.165) is 12.8 Å². The summed E-state index contributed by atoms with van der Waals surface area (Å²) in [6.45, 7) is 4.25. The molecule has 0 spiro atoms. The molecule has 0 N–H and O–H groups in total. The van der Waals surface area contributed by atoms with E-state index in [9.17, 15) is 0 Å². The van der Waals surface area contributed by atoms with Gasteiger partial charge in [0.05, 0.1) is 0 Å². The number of halogens is 2. The van der Waals surface area contributed by atoms with Crippen molar-refractivity contribution in [1.29, 1.82) is 0 Å². The summed E-state index contributed by atoms with van der Waals surface area (Å²) in [6, 6.07) is 35.8. The predicted octanol–water partition coefficient (Wildman–Crippen LogP) is 2.02. The van der Waals surface area contributed by atoms with E-state index in [0.29, 0.717) is 0 Å². The first-order valence-electron chi connectivity index (χ1n) is 11.9. The zero-order valence-corrected chi connectivity index (χ0v) is 24.6. The summed E-state index contributed by atoms with van der Waals surface area (Å²) in [5.41, 5.74) is 10.8. The molecule has 3 heteroatoms. The third-order valence-corrected chi connectivity index (χ3v) is 7.44. The normalized spacial score (nSPS) is 11.1. The zero-order valence-electron chi connectivity index (χ0n) is 20.6. The first-order valence-corrected chi connectivity index (χ1v) is 13.1. The molecule has 1 aliphatic carbocycles. The van der Waals surface area contributed by atoms with Gasteiger partial charge in [0.15, 0.2) is 0 Å². The van der Waals surface area contributed by atoms with Crippen LogP contribution in [0.15, 0.2) is 109 Å². The van der Waals surface area contributed by atoms with Gasteiger partial charge in [-0.15, -0.1) is 41.0 Å². The fourth-order valence-corrected chi connectivity index (χ4v) is 5.06. The van der Waals surface area contributed by atoms with Crippen LogP contribution in [0.5, 0.6) is 0 Å². The van der Waals surface area contributed by atoms with Gasteiger partial charge in [0, 0.05) is 0 Å². The Morgan fingerprint density at radius 2 is 1.39 bits per heavy atom. The van der Waals surface area contributed by atoms with E-state index >= 15 is 0 Å². The van der Waals surface area contributed by atoms with E-state index in [1.807, 2.05) is 13.0 Å². The number of aryl methyl sites for hydroxylation is 1. The number of fused-ring (bicyclic) bond motifs is 3. The summed E-state index contributed by atoms with van der Waals surface area (Å²) in [4.78, 5) is 0. The Morgan fingerprint density at radius 1 is 0.806 bits per heavy atom. The monoisotopic (exact) mass is 585 g/mol. The van der Waals surface area contributed by atoms with E-state index in [1.54, 1.807) is 0 Å². The zero-order chi connectivity index (χ0) is 23.8. The van der Waals surface area contributed by atoms with Crippen LogP contribution in [0.2, 0.25) is 0 Å². The van der Waals surface area contributed by atoms with Gasteiger partial charge in [-0.05, 0) is 18.9 Å². The molecule has 0 atom stereocenters. The molecule has 0 heterocycles. The Balaban J connectivity index is 0.000000254. The van der Waals surface area contributed by atoms with E-state index in [2.05, 4.69) is 122 Å². The maximum atomic E-state index is 3.63. The van der Waals surface area contributed by atoms with Gasteiger partial charge in [0.25, 0.3) is 0 Å². The van der Waals surface area contributed by atoms with Crippen LogP contribution in [0, 0.1) is 6.07 Å². The van der Waals surface area contributed by atoms with Crippen LogP contribution in [-0.2, 0) is 37.1 Å². The molecular weight excluding hydrogens is 558 g/mol. The molecular formula is C33H29Cl2Zr-. The summed E-state index contributed by atoms with van der Waals surface area (Å²) in [5.74, 6) is 0. The quantitative estimate of drug-likeness (QED) is 0.218. The van der Waals surface area contributed by atoms with Crippen molar-refractivity contribution in [2.24, 2.45) is 0 Å². The van der Waals surface area contributed by atoms with Crippen LogP contribution < -0.4 is 24.8 Å². The van der Waals surface area contributed by atoms with Crippen molar-refractivity contribution in [3.63, 3.8) is 0 Å². The van der Waals surface area contributed by atoms with E-state index in [4.69, 9.17) is 0 Å². The number of hydrogen-bond acceptors (Lipinski definition) is 0. The average Bonchev–Trinajstić information content (AvgIpc) is 3.26. The molecule has 0 unspecified atom stereocenters. The van der Waals surface area contributed by atoms with Gasteiger partial charge in [0.1, 0.15) is 0 Å². The van der Waals surface area contributed by atoms with Crippen molar-refractivity contribution in [2.45, 2.75) is 26.7 Å². The maximum absolute atomic E-state index is 3.63. The fourth-order valence-electron chi connectivity index (χ4n) is 4.24. The van der Waals surface area contributed by atoms with Gasteiger partial charge in [-0.2, -0.15) is 0 Å². The Bertz CT molecular complexity index is 1280. The van der Waals surface area contributed by atoms with Crippen LogP contribution in [0.1, 0.15) is 47.2 Å². The first-order chi connectivity index (χ1) is 16.7. The Hall–Kier alpha value is -2.31. The predicted molar refractivity (Wildman–Crippen MR) is 143 cm³/mol. The standard InChI is InChI=1S/C20H19.C13H10.2ClH.Zr/c1-3-5-6-9-16-12-18-13-17-10-7-8-11-19(17)20(18)14-15(16)4-2;1-3-7-12(8-4-1)11-13-9-5-2-6-10-13;;;/h3,5-11,14H,4,13H2,1-2H3;1-10H;2*1H;/q-1;;;;+2/p-2. The molecule has 4 aromatic rings. The van der Waals surface area contributed by atoms with Gasteiger partial charge in [-0.1, -0.05) is 60.9 Å². The molecule has 0 radical (unpaired) electrons. The van der Waals surface area contributed by atoms with Crippen LogP contribution in [0.25, 0.3) is 17.2 Å². The van der Waals surface area contributed by atoms with Gasteiger partial charge in [-0.3, -0.25) is 0 Å². The molecule has 180 valence electrons. The van der Waals surface area contributed by atoms with Crippen molar-refractivity contribution in [2.75, 3.05) is 0 Å². The Kier molecular flexibility index (Phi) is 12.5. The average molecular weight is 588 g/mol. The molecule has 0 amide bonds. The third kappa shape index (κ3) is 7.36. The molecule has 0 saturated carbocycles. The summed E-state index contributed by atoms with van der Waals surface area (Å²) < 4.78 is 1.42. The van der Waals surface area contributed by atoms with Crippen LogP contribution in [-0.4, -0.2) is 3.21 Å². The molecule has 4 aromatic carbocycles. The van der Waals surface area contributed by atoms with Crippen molar-refractivity contribution in [1.82, 2.24) is 0 Å². The minimum atomic E-state index is 0. The van der Waals surface area contributed by atoms with Crippen LogP contribution >= 0.6 is 0 Å². The molecule has 5 rings (SSSR count). The summed E-state index contributed by atoms with van der Waals surface area (Å²) in [7, 11) is 0. The fraction of sp³-hybridized carbons (Fsp3) is 0.121. The summed E-state index contributed by atoms with van der Waals surface area (Å²) >= 11 is 1.46. The summed E-state index contributed by atoms with van der Waals surface area (Å²) in [5, 5.41) is 0. The Labute approximate surface area is 243 Å². The molecule has 36 heavy (non-hydrogen) atoms. The molecule has 0 nitrogen and oxygen atoms in total. The van der Waals surface area contributed by atoms with E-state index < -0.39 is 0 Å². The van der Waals surface area contributed by atoms with Crippen molar-refractivity contribution in [3.8, 4) is 11.1 Å². The first kappa shape index (κ1) is 29.9. The number of benzene rings is 4. The summed E-state index contributed by atoms with van der Waals surface area (Å²) in [6.07, 6.45) is 10.4. The molecule has 1 aliphatic rings. The second kappa shape index (κ2) is 15.1. The second-order valence-electron chi connectivity index (χ2n) is 8.28. The van der Waals surface area contributed by atoms with Crippen LogP contribution in [0.3, 0.4) is 0 Å². The topological polar surface area (TPSA) is 0 Å². The van der Waals surface area contributed by atoms with Crippen molar-refractivity contribution >= 4 is 9.28 Å². The van der Waals surface area contributed by atoms with E-state index in [1.165, 1.54) is 71.9 Å². The molecule has 0 fully saturated rings. The van der Waals surface area contributed by atoms with Gasteiger partial charge in [-0.25, -0.2) is 0 Å². The minimum absolute atomic E-state index is 0. The number of hydrogen-bond donors (Lipinski definition) is 0. The second-order valence-corrected chi connectivity index (χ2v) is 9.51.